The number of aliphatic imine (C=N–C) groups is 1. The molecule has 0 spiro atoms. The van der Waals surface area contributed by atoms with Gasteiger partial charge in [0.2, 0.25) is 0 Å². The lowest BCUT2D eigenvalue weighted by atomic mass is 10.1. The van der Waals surface area contributed by atoms with Gasteiger partial charge in [-0.1, -0.05) is 60.3 Å². The van der Waals surface area contributed by atoms with Gasteiger partial charge in [-0.05, 0) is 17.7 Å². The Balaban J connectivity index is 1.63. The highest BCUT2D eigenvalue weighted by molar-refractivity contribution is 8.16. The van der Waals surface area contributed by atoms with Crippen LogP contribution in [-0.4, -0.2) is 42.3 Å². The number of thioether (sulfide) groups is 1. The maximum Gasteiger partial charge on any atom is 0.252 e. The Bertz CT molecular complexity index is 943. The van der Waals surface area contributed by atoms with E-state index in [0.29, 0.717) is 5.17 Å². The zero-order valence-corrected chi connectivity index (χ0v) is 15.6. The highest BCUT2D eigenvalue weighted by Gasteiger charge is 2.49. The molecular weight excluding hydrogens is 368 g/mol. The molecule has 2 fully saturated rings. The number of nitrogens with zero attached hydrogens (tertiary/aromatic N) is 2. The van der Waals surface area contributed by atoms with Crippen molar-refractivity contribution in [2.75, 3.05) is 16.4 Å². The van der Waals surface area contributed by atoms with Crippen LogP contribution in [0.25, 0.3) is 0 Å². The van der Waals surface area contributed by atoms with Crippen molar-refractivity contribution in [3.8, 4) is 0 Å². The van der Waals surface area contributed by atoms with Gasteiger partial charge < -0.3 is 4.90 Å². The van der Waals surface area contributed by atoms with Gasteiger partial charge >= 0.3 is 0 Å². The molecule has 7 heteroatoms. The summed E-state index contributed by atoms with van der Waals surface area (Å²) in [6, 6.07) is 18.9. The maximum atomic E-state index is 12.4. The third kappa shape index (κ3) is 3.54. The van der Waals surface area contributed by atoms with Crippen molar-refractivity contribution >= 4 is 38.4 Å². The van der Waals surface area contributed by atoms with E-state index in [-0.39, 0.29) is 35.1 Å². The molecule has 2 unspecified atom stereocenters. The predicted molar refractivity (Wildman–Crippen MR) is 105 cm³/mol. The summed E-state index contributed by atoms with van der Waals surface area (Å²) in [5, 5.41) is 0.519. The largest absolute Gasteiger partial charge is 0.316 e. The normalized spacial score (nSPS) is 25.4. The summed E-state index contributed by atoms with van der Waals surface area (Å²) in [6.07, 6.45) is 0.237. The fourth-order valence-corrected chi connectivity index (χ4v) is 7.30. The number of carbonyl (C=O) groups excluding carboxylic acids is 1. The smallest absolute Gasteiger partial charge is 0.252 e. The van der Waals surface area contributed by atoms with Gasteiger partial charge in [0, 0.05) is 10.9 Å². The Kier molecular flexibility index (Phi) is 4.58. The van der Waals surface area contributed by atoms with E-state index < -0.39 is 9.84 Å². The van der Waals surface area contributed by atoms with Crippen LogP contribution in [0, 0.1) is 0 Å². The second-order valence-corrected chi connectivity index (χ2v) is 9.82. The van der Waals surface area contributed by atoms with Crippen LogP contribution in [0.15, 0.2) is 65.7 Å². The quantitative estimate of drug-likeness (QED) is 0.811. The third-order valence-corrected chi connectivity index (χ3v) is 7.73. The number of hydrogen-bond acceptors (Lipinski definition) is 4. The first-order valence-electron chi connectivity index (χ1n) is 8.39. The first-order chi connectivity index (χ1) is 12.5. The van der Waals surface area contributed by atoms with Gasteiger partial charge in [-0.3, -0.25) is 4.79 Å². The first kappa shape index (κ1) is 17.3. The van der Waals surface area contributed by atoms with Gasteiger partial charge in [0.15, 0.2) is 15.0 Å². The molecule has 2 aliphatic rings. The summed E-state index contributed by atoms with van der Waals surface area (Å²) in [6.45, 7) is 0. The molecule has 134 valence electrons. The molecule has 0 aliphatic carbocycles. The summed E-state index contributed by atoms with van der Waals surface area (Å²) in [5.74, 6) is 0.0192. The fraction of sp³-hybridized carbons (Fsp3) is 0.263. The van der Waals surface area contributed by atoms with E-state index in [0.717, 1.165) is 11.3 Å². The first-order valence-corrected chi connectivity index (χ1v) is 11.1. The van der Waals surface area contributed by atoms with Gasteiger partial charge in [0.1, 0.15) is 0 Å². The number of amidine groups is 1. The molecule has 0 bridgehead atoms. The topological polar surface area (TPSA) is 66.8 Å². The molecule has 2 atom stereocenters. The SMILES string of the molecule is O=C(Cc1ccccc1)N=C1SC2CS(=O)(=O)CC2N1c1ccccc1. The molecule has 0 saturated carbocycles. The Labute approximate surface area is 157 Å². The van der Waals surface area contributed by atoms with Gasteiger partial charge in [-0.15, -0.1) is 0 Å². The third-order valence-electron chi connectivity index (χ3n) is 4.52. The van der Waals surface area contributed by atoms with Gasteiger partial charge in [0.25, 0.3) is 5.91 Å². The van der Waals surface area contributed by atoms with Crippen LogP contribution in [0.5, 0.6) is 0 Å². The van der Waals surface area contributed by atoms with E-state index in [2.05, 4.69) is 4.99 Å². The monoisotopic (exact) mass is 386 g/mol. The Hall–Kier alpha value is -2.12. The van der Waals surface area contributed by atoms with Crippen molar-refractivity contribution in [3.05, 3.63) is 66.2 Å². The lowest BCUT2D eigenvalue weighted by Crippen LogP contribution is -2.37. The van der Waals surface area contributed by atoms with Crippen LogP contribution in [0.2, 0.25) is 0 Å². The molecule has 2 saturated heterocycles. The van der Waals surface area contributed by atoms with E-state index in [1.165, 1.54) is 11.8 Å². The molecule has 2 aromatic carbocycles. The average Bonchev–Trinajstić information content (AvgIpc) is 3.07. The maximum absolute atomic E-state index is 12.4. The number of rotatable bonds is 3. The van der Waals surface area contributed by atoms with Crippen LogP contribution in [-0.2, 0) is 21.1 Å². The van der Waals surface area contributed by atoms with E-state index in [4.69, 9.17) is 0 Å². The van der Waals surface area contributed by atoms with E-state index in [9.17, 15) is 13.2 Å². The summed E-state index contributed by atoms with van der Waals surface area (Å²) < 4.78 is 24.1. The molecule has 2 aliphatic heterocycles. The summed E-state index contributed by atoms with van der Waals surface area (Å²) >= 11 is 1.40. The van der Waals surface area contributed by atoms with Crippen molar-refractivity contribution in [3.63, 3.8) is 0 Å². The van der Waals surface area contributed by atoms with Crippen LogP contribution in [0.3, 0.4) is 0 Å². The number of benzene rings is 2. The van der Waals surface area contributed by atoms with Crippen molar-refractivity contribution in [2.45, 2.75) is 17.7 Å². The number of carbonyl (C=O) groups is 1. The minimum atomic E-state index is -3.05. The molecule has 26 heavy (non-hydrogen) atoms. The van der Waals surface area contributed by atoms with E-state index in [1.807, 2.05) is 65.6 Å². The zero-order chi connectivity index (χ0) is 18.1. The molecule has 2 heterocycles. The van der Waals surface area contributed by atoms with Gasteiger partial charge in [0.05, 0.1) is 24.0 Å². The van der Waals surface area contributed by atoms with Crippen LogP contribution in [0.1, 0.15) is 5.56 Å². The molecule has 5 nitrogen and oxygen atoms in total. The minimum Gasteiger partial charge on any atom is -0.316 e. The van der Waals surface area contributed by atoms with Crippen molar-refractivity contribution in [1.29, 1.82) is 0 Å². The number of anilines is 1. The molecule has 0 radical (unpaired) electrons. The molecule has 4 rings (SSSR count). The fourth-order valence-electron chi connectivity index (χ4n) is 3.37. The molecule has 0 N–H and O–H groups in total. The zero-order valence-electron chi connectivity index (χ0n) is 14.0. The van der Waals surface area contributed by atoms with Crippen LogP contribution < -0.4 is 4.90 Å². The Morgan fingerprint density at radius 2 is 1.69 bits per heavy atom. The van der Waals surface area contributed by atoms with Crippen LogP contribution >= 0.6 is 11.8 Å². The molecule has 0 aromatic heterocycles. The lowest BCUT2D eigenvalue weighted by Gasteiger charge is -2.24. The standard InChI is InChI=1S/C19H18N2O3S2/c22-18(11-14-7-3-1-4-8-14)20-19-21(15-9-5-2-6-10-15)16-12-26(23,24)13-17(16)25-19/h1-10,16-17H,11-13H2. The second kappa shape index (κ2) is 6.89. The van der Waals surface area contributed by atoms with Gasteiger partial charge in [-0.2, -0.15) is 4.99 Å². The lowest BCUT2D eigenvalue weighted by molar-refractivity contribution is -0.117. The highest BCUT2D eigenvalue weighted by Crippen LogP contribution is 2.40. The van der Waals surface area contributed by atoms with Crippen molar-refractivity contribution < 1.29 is 13.2 Å². The minimum absolute atomic E-state index is 0.0801. The van der Waals surface area contributed by atoms with Gasteiger partial charge in [-0.25, -0.2) is 8.42 Å². The second-order valence-electron chi connectivity index (χ2n) is 6.46. The summed E-state index contributed by atoms with van der Waals surface area (Å²) in [5.41, 5.74) is 1.79. The number of amides is 1. The highest BCUT2D eigenvalue weighted by atomic mass is 32.2. The van der Waals surface area contributed by atoms with Crippen molar-refractivity contribution in [1.82, 2.24) is 0 Å². The number of para-hydroxylation sites is 1. The number of sulfone groups is 1. The Morgan fingerprint density at radius 3 is 2.38 bits per heavy atom. The number of hydrogen-bond donors (Lipinski definition) is 0. The summed E-state index contributed by atoms with van der Waals surface area (Å²) in [7, 11) is -3.05. The van der Waals surface area contributed by atoms with Crippen molar-refractivity contribution in [2.24, 2.45) is 4.99 Å². The average molecular weight is 386 g/mol. The van der Waals surface area contributed by atoms with E-state index >= 15 is 0 Å². The Morgan fingerprint density at radius 1 is 1.04 bits per heavy atom. The van der Waals surface area contributed by atoms with Crippen LogP contribution in [0.4, 0.5) is 5.69 Å². The molecular formula is C19H18N2O3S2. The molecule has 1 amide bonds. The molecule has 2 aromatic rings. The number of fused-ring (bicyclic) bond motifs is 1. The predicted octanol–water partition coefficient (Wildman–Crippen LogP) is 2.53. The van der Waals surface area contributed by atoms with E-state index in [1.54, 1.807) is 0 Å². The summed E-state index contributed by atoms with van der Waals surface area (Å²) in [4.78, 5) is 18.7.